The van der Waals surface area contributed by atoms with Gasteiger partial charge in [0.2, 0.25) is 17.7 Å². The number of aliphatic hydroxyl groups excluding tert-OH is 1. The van der Waals surface area contributed by atoms with Crippen LogP contribution in [-0.4, -0.2) is 95.3 Å². The number of fused-ring (bicyclic) bond motifs is 1. The summed E-state index contributed by atoms with van der Waals surface area (Å²) in [6, 6.07) is 19.4. The second-order valence-electron chi connectivity index (χ2n) is 13.7. The smallest absolute Gasteiger partial charge is 0.320 e. The highest BCUT2D eigenvalue weighted by Crippen LogP contribution is 2.18. The second kappa shape index (κ2) is 21.1. The summed E-state index contributed by atoms with van der Waals surface area (Å²) in [5, 5.41) is 30.8. The van der Waals surface area contributed by atoms with E-state index in [2.05, 4.69) is 22.0 Å². The van der Waals surface area contributed by atoms with Crippen molar-refractivity contribution in [2.75, 3.05) is 26.2 Å². The van der Waals surface area contributed by atoms with Crippen molar-refractivity contribution in [2.24, 2.45) is 17.4 Å². The molecule has 0 aromatic heterocycles. The minimum Gasteiger partial charge on any atom is -0.480 e. The lowest BCUT2D eigenvalue weighted by atomic mass is 10.00. The Morgan fingerprint density at radius 1 is 0.824 bits per heavy atom. The first kappa shape index (κ1) is 41.1. The van der Waals surface area contributed by atoms with E-state index in [1.807, 2.05) is 80.6 Å². The number of carbonyl (C=O) groups excluding carboxylic acids is 3. The standard InChI is InChI=1S/C39H56N6O6/c1-26(2)19-34(39(50)51)42-23-33(22-28-11-5-4-6-12-28)43-37(48)35(25-46)44-38(49)36(15-9-10-18-40)45(27(3)47)24-32(41)21-29-16-17-30-13-7-8-14-31(30)20-29/h4-8,11-14,16-17,20,26,32-36,42,46H,9-10,15,18-19,21-25,40-41H2,1-3H3,(H,43,48)(H,44,49)(H,50,51)/t32-,33-,34-,35-,36-/m0/s1. The fraction of sp³-hybridized carbons (Fsp3) is 0.487. The summed E-state index contributed by atoms with van der Waals surface area (Å²) in [6.07, 6.45) is 2.74. The third kappa shape index (κ3) is 13.7. The van der Waals surface area contributed by atoms with E-state index >= 15 is 0 Å². The van der Waals surface area contributed by atoms with Crippen LogP contribution in [0.1, 0.15) is 57.6 Å². The Balaban J connectivity index is 1.75. The number of rotatable bonds is 22. The molecule has 0 aliphatic heterocycles. The molecule has 0 fully saturated rings. The molecule has 0 heterocycles. The third-order valence-electron chi connectivity index (χ3n) is 8.86. The molecule has 5 atom stereocenters. The molecule has 0 saturated heterocycles. The highest BCUT2D eigenvalue weighted by molar-refractivity contribution is 5.92. The van der Waals surface area contributed by atoms with E-state index < -0.39 is 54.6 Å². The first-order chi connectivity index (χ1) is 24.4. The van der Waals surface area contributed by atoms with Gasteiger partial charge in [-0.3, -0.25) is 19.2 Å². The lowest BCUT2D eigenvalue weighted by molar-refractivity contribution is -0.141. The molecule has 12 heteroatoms. The van der Waals surface area contributed by atoms with Gasteiger partial charge in [0.25, 0.3) is 0 Å². The van der Waals surface area contributed by atoms with Gasteiger partial charge in [0, 0.05) is 32.1 Å². The lowest BCUT2D eigenvalue weighted by Gasteiger charge is -2.33. The molecule has 3 aromatic carbocycles. The van der Waals surface area contributed by atoms with Crippen LogP contribution in [0.15, 0.2) is 72.8 Å². The summed E-state index contributed by atoms with van der Waals surface area (Å²) >= 11 is 0. The van der Waals surface area contributed by atoms with E-state index in [0.29, 0.717) is 38.6 Å². The number of nitrogens with two attached hydrogens (primary N) is 2. The molecule has 0 radical (unpaired) electrons. The van der Waals surface area contributed by atoms with E-state index in [9.17, 15) is 29.4 Å². The summed E-state index contributed by atoms with van der Waals surface area (Å²) in [5.41, 5.74) is 14.2. The predicted molar refractivity (Wildman–Crippen MR) is 200 cm³/mol. The normalized spacial score (nSPS) is 14.3. The van der Waals surface area contributed by atoms with Crippen LogP contribution in [-0.2, 0) is 32.0 Å². The number of amides is 3. The minimum atomic E-state index is -1.32. The Kier molecular flexibility index (Phi) is 17.0. The van der Waals surface area contributed by atoms with Crippen LogP contribution in [0.25, 0.3) is 10.8 Å². The number of hydrogen-bond acceptors (Lipinski definition) is 8. The highest BCUT2D eigenvalue weighted by atomic mass is 16.4. The van der Waals surface area contributed by atoms with Crippen molar-refractivity contribution in [2.45, 2.75) is 89.5 Å². The minimum absolute atomic E-state index is 0.102. The van der Waals surface area contributed by atoms with Crippen molar-refractivity contribution >= 4 is 34.5 Å². The number of nitrogens with zero attached hydrogens (tertiary/aromatic N) is 1. The zero-order valence-electron chi connectivity index (χ0n) is 30.1. The van der Waals surface area contributed by atoms with Crippen LogP contribution in [0.3, 0.4) is 0 Å². The van der Waals surface area contributed by atoms with Crippen molar-refractivity contribution in [3.8, 4) is 0 Å². The molecule has 0 aliphatic rings. The van der Waals surface area contributed by atoms with Gasteiger partial charge in [-0.1, -0.05) is 86.6 Å². The number of aliphatic carboxylic acids is 1. The summed E-state index contributed by atoms with van der Waals surface area (Å²) in [5.74, 6) is -2.41. The maximum atomic E-state index is 13.9. The molecule has 9 N–H and O–H groups in total. The monoisotopic (exact) mass is 704 g/mol. The molecule has 0 aliphatic carbocycles. The SMILES string of the molecule is CC(=O)N(C[C@@H](N)Cc1ccc2ccccc2c1)[C@@H](CCCCN)C(=O)N[C@@H](CO)C(=O)N[C@H](CN[C@@H](CC(C)C)C(=O)O)Cc1ccccc1. The number of benzene rings is 3. The molecule has 51 heavy (non-hydrogen) atoms. The molecule has 0 spiro atoms. The largest absolute Gasteiger partial charge is 0.480 e. The number of unbranched alkanes of at least 4 members (excludes halogenated alkanes) is 1. The van der Waals surface area contributed by atoms with Crippen LogP contribution in [0, 0.1) is 5.92 Å². The summed E-state index contributed by atoms with van der Waals surface area (Å²) in [7, 11) is 0. The van der Waals surface area contributed by atoms with Crippen molar-refractivity contribution in [3.63, 3.8) is 0 Å². The van der Waals surface area contributed by atoms with Gasteiger partial charge in [0.15, 0.2) is 0 Å². The Bertz CT molecular complexity index is 1550. The molecular formula is C39H56N6O6. The average molecular weight is 705 g/mol. The number of carboxylic acids is 1. The van der Waals surface area contributed by atoms with Gasteiger partial charge < -0.3 is 42.5 Å². The molecule has 3 amide bonds. The van der Waals surface area contributed by atoms with Crippen LogP contribution < -0.4 is 27.4 Å². The fourth-order valence-electron chi connectivity index (χ4n) is 6.24. The van der Waals surface area contributed by atoms with Gasteiger partial charge in [0.05, 0.1) is 6.61 Å². The maximum absolute atomic E-state index is 13.9. The van der Waals surface area contributed by atoms with E-state index in [4.69, 9.17) is 11.5 Å². The molecule has 0 saturated carbocycles. The predicted octanol–water partition coefficient (Wildman–Crippen LogP) is 2.35. The maximum Gasteiger partial charge on any atom is 0.320 e. The quantitative estimate of drug-likeness (QED) is 0.0767. The number of hydrogen-bond donors (Lipinski definition) is 7. The van der Waals surface area contributed by atoms with E-state index in [-0.39, 0.29) is 31.3 Å². The van der Waals surface area contributed by atoms with Crippen molar-refractivity contribution in [1.29, 1.82) is 0 Å². The first-order valence-electron chi connectivity index (χ1n) is 17.8. The van der Waals surface area contributed by atoms with Crippen molar-refractivity contribution in [1.82, 2.24) is 20.9 Å². The molecule has 12 nitrogen and oxygen atoms in total. The fourth-order valence-corrected chi connectivity index (χ4v) is 6.24. The van der Waals surface area contributed by atoms with Gasteiger partial charge in [-0.15, -0.1) is 0 Å². The van der Waals surface area contributed by atoms with Gasteiger partial charge in [-0.05, 0) is 72.9 Å². The van der Waals surface area contributed by atoms with E-state index in [0.717, 1.165) is 21.9 Å². The molecule has 278 valence electrons. The summed E-state index contributed by atoms with van der Waals surface area (Å²) < 4.78 is 0. The average Bonchev–Trinajstić information content (AvgIpc) is 3.09. The number of carbonyl (C=O) groups is 4. The van der Waals surface area contributed by atoms with Crippen LogP contribution in [0.2, 0.25) is 0 Å². The van der Waals surface area contributed by atoms with Crippen LogP contribution >= 0.6 is 0 Å². The molecule has 3 aromatic rings. The van der Waals surface area contributed by atoms with Crippen molar-refractivity contribution < 1.29 is 29.4 Å². The molecule has 0 bridgehead atoms. The Morgan fingerprint density at radius 3 is 2.14 bits per heavy atom. The van der Waals surface area contributed by atoms with Gasteiger partial charge in [0.1, 0.15) is 18.1 Å². The number of aliphatic hydroxyl groups is 1. The van der Waals surface area contributed by atoms with Crippen molar-refractivity contribution in [3.05, 3.63) is 83.9 Å². The van der Waals surface area contributed by atoms with Crippen LogP contribution in [0.5, 0.6) is 0 Å². The Labute approximate surface area is 301 Å². The summed E-state index contributed by atoms with van der Waals surface area (Å²) in [4.78, 5) is 53.8. The zero-order valence-corrected chi connectivity index (χ0v) is 30.1. The highest BCUT2D eigenvalue weighted by Gasteiger charge is 2.32. The molecule has 3 rings (SSSR count). The Hall–Kier alpha value is -4.36. The molecular weight excluding hydrogens is 648 g/mol. The topological polar surface area (TPSA) is 200 Å². The third-order valence-corrected chi connectivity index (χ3v) is 8.86. The molecule has 0 unspecified atom stereocenters. The van der Waals surface area contributed by atoms with Gasteiger partial charge >= 0.3 is 5.97 Å². The van der Waals surface area contributed by atoms with Gasteiger partial charge in [-0.25, -0.2) is 0 Å². The number of carboxylic acid groups (broad SMARTS) is 1. The first-order valence-corrected chi connectivity index (χ1v) is 17.8. The lowest BCUT2D eigenvalue weighted by Crippen LogP contribution is -2.59. The van der Waals surface area contributed by atoms with Crippen LogP contribution in [0.4, 0.5) is 0 Å². The number of nitrogens with one attached hydrogen (secondary N) is 3. The van der Waals surface area contributed by atoms with E-state index in [1.54, 1.807) is 0 Å². The van der Waals surface area contributed by atoms with E-state index in [1.165, 1.54) is 11.8 Å². The second-order valence-corrected chi connectivity index (χ2v) is 13.7. The zero-order chi connectivity index (χ0) is 37.3. The summed E-state index contributed by atoms with van der Waals surface area (Å²) in [6.45, 7) is 5.22. The van der Waals surface area contributed by atoms with Gasteiger partial charge in [-0.2, -0.15) is 0 Å². The Morgan fingerprint density at radius 2 is 1.51 bits per heavy atom.